The van der Waals surface area contributed by atoms with Gasteiger partial charge in [0.1, 0.15) is 5.75 Å². The van der Waals surface area contributed by atoms with Crippen LogP contribution in [0.3, 0.4) is 0 Å². The van der Waals surface area contributed by atoms with Crippen LogP contribution in [-0.2, 0) is 16.1 Å². The van der Waals surface area contributed by atoms with Gasteiger partial charge in [0.2, 0.25) is 0 Å². The van der Waals surface area contributed by atoms with Crippen LogP contribution in [0.4, 0.5) is 0 Å². The molecule has 0 fully saturated rings. The van der Waals surface area contributed by atoms with Crippen molar-refractivity contribution in [2.75, 3.05) is 14.2 Å². The van der Waals surface area contributed by atoms with Crippen molar-refractivity contribution in [3.63, 3.8) is 0 Å². The van der Waals surface area contributed by atoms with Crippen LogP contribution >= 0.6 is 0 Å². The summed E-state index contributed by atoms with van der Waals surface area (Å²) in [6, 6.07) is 7.26. The quantitative estimate of drug-likeness (QED) is 0.739. The Morgan fingerprint density at radius 3 is 2.69 bits per heavy atom. The second-order valence-corrected chi connectivity index (χ2v) is 3.38. The van der Waals surface area contributed by atoms with Crippen LogP contribution in [0, 0.1) is 0 Å². The fourth-order valence-electron chi connectivity index (χ4n) is 1.30. The van der Waals surface area contributed by atoms with E-state index in [1.165, 1.54) is 11.9 Å². The average Bonchev–Trinajstić information content (AvgIpc) is 2.28. The van der Waals surface area contributed by atoms with E-state index in [1.807, 2.05) is 12.1 Å². The Balaban J connectivity index is 2.72. The summed E-state index contributed by atoms with van der Waals surface area (Å²) >= 11 is 0. The van der Waals surface area contributed by atoms with Gasteiger partial charge in [-0.3, -0.25) is 9.59 Å². The molecule has 0 heterocycles. The average molecular weight is 222 g/mol. The largest absolute Gasteiger partial charge is 0.497 e. The molecule has 2 amide bonds. The predicted molar refractivity (Wildman–Crippen MR) is 58.7 cm³/mol. The van der Waals surface area contributed by atoms with Gasteiger partial charge in [-0.2, -0.15) is 0 Å². The molecular formula is C11H14N2O3. The molecule has 0 saturated heterocycles. The Kier molecular flexibility index (Phi) is 3.88. The number of amides is 2. The molecule has 0 aliphatic rings. The standard InChI is InChI=1S/C11H14N2O3/c1-13(11(15)10(12)14)7-8-4-3-5-9(6-8)16-2/h3-6H,7H2,1-2H3,(H2,12,14). The van der Waals surface area contributed by atoms with Gasteiger partial charge in [0.15, 0.2) is 0 Å². The Bertz CT molecular complexity index is 404. The van der Waals surface area contributed by atoms with Gasteiger partial charge in [0, 0.05) is 13.6 Å². The number of ether oxygens (including phenoxy) is 1. The van der Waals surface area contributed by atoms with Crippen molar-refractivity contribution in [3.8, 4) is 5.75 Å². The molecule has 0 bridgehead atoms. The number of benzene rings is 1. The molecule has 0 unspecified atom stereocenters. The molecule has 2 N–H and O–H groups in total. The maximum Gasteiger partial charge on any atom is 0.311 e. The lowest BCUT2D eigenvalue weighted by molar-refractivity contribution is -0.143. The summed E-state index contributed by atoms with van der Waals surface area (Å²) in [5.74, 6) is -0.953. The highest BCUT2D eigenvalue weighted by molar-refractivity contribution is 6.34. The highest BCUT2D eigenvalue weighted by atomic mass is 16.5. The third kappa shape index (κ3) is 2.98. The van der Waals surface area contributed by atoms with Crippen molar-refractivity contribution in [1.29, 1.82) is 0 Å². The molecule has 0 aromatic heterocycles. The maximum absolute atomic E-state index is 11.2. The number of nitrogens with two attached hydrogens (primary N) is 1. The number of carbonyl (C=O) groups excluding carboxylic acids is 2. The van der Waals surface area contributed by atoms with Crippen LogP contribution in [0.1, 0.15) is 5.56 Å². The normalized spacial score (nSPS) is 9.62. The van der Waals surface area contributed by atoms with Gasteiger partial charge < -0.3 is 15.4 Å². The number of likely N-dealkylation sites (N-methyl/N-ethyl adjacent to an activating group) is 1. The summed E-state index contributed by atoms with van der Waals surface area (Å²) in [4.78, 5) is 23.1. The summed E-state index contributed by atoms with van der Waals surface area (Å²) in [6.45, 7) is 0.318. The van der Waals surface area contributed by atoms with Gasteiger partial charge >= 0.3 is 11.8 Å². The van der Waals surface area contributed by atoms with Gasteiger partial charge in [-0.1, -0.05) is 12.1 Å². The van der Waals surface area contributed by atoms with E-state index in [9.17, 15) is 9.59 Å². The van der Waals surface area contributed by atoms with Crippen molar-refractivity contribution in [1.82, 2.24) is 4.90 Å². The van der Waals surface area contributed by atoms with Gasteiger partial charge in [-0.15, -0.1) is 0 Å². The molecule has 16 heavy (non-hydrogen) atoms. The molecule has 86 valence electrons. The molecule has 5 heteroatoms. The van der Waals surface area contributed by atoms with E-state index in [2.05, 4.69) is 0 Å². The lowest BCUT2D eigenvalue weighted by Gasteiger charge is -2.15. The Hall–Kier alpha value is -2.04. The van der Waals surface area contributed by atoms with Gasteiger partial charge in [-0.25, -0.2) is 0 Å². The van der Waals surface area contributed by atoms with E-state index in [-0.39, 0.29) is 0 Å². The molecule has 0 spiro atoms. The van der Waals surface area contributed by atoms with E-state index in [0.717, 1.165) is 5.56 Å². The number of rotatable bonds is 3. The molecule has 0 atom stereocenters. The lowest BCUT2D eigenvalue weighted by Crippen LogP contribution is -2.37. The van der Waals surface area contributed by atoms with Gasteiger partial charge in [0.05, 0.1) is 7.11 Å². The molecule has 0 saturated carbocycles. The highest BCUT2D eigenvalue weighted by Crippen LogP contribution is 2.13. The zero-order valence-corrected chi connectivity index (χ0v) is 9.27. The topological polar surface area (TPSA) is 72.6 Å². The van der Waals surface area contributed by atoms with E-state index in [0.29, 0.717) is 12.3 Å². The fraction of sp³-hybridized carbons (Fsp3) is 0.273. The molecule has 0 radical (unpaired) electrons. The van der Waals surface area contributed by atoms with E-state index >= 15 is 0 Å². The van der Waals surface area contributed by atoms with Crippen LogP contribution in [0.15, 0.2) is 24.3 Å². The molecule has 5 nitrogen and oxygen atoms in total. The van der Waals surface area contributed by atoms with E-state index in [1.54, 1.807) is 19.2 Å². The van der Waals surface area contributed by atoms with Gasteiger partial charge in [-0.05, 0) is 17.7 Å². The van der Waals surface area contributed by atoms with Crippen molar-refractivity contribution >= 4 is 11.8 Å². The zero-order valence-electron chi connectivity index (χ0n) is 9.27. The number of hydrogen-bond donors (Lipinski definition) is 1. The first-order chi connectivity index (χ1) is 7.54. The SMILES string of the molecule is COc1cccc(CN(C)C(=O)C(N)=O)c1. The Morgan fingerprint density at radius 1 is 1.44 bits per heavy atom. The second kappa shape index (κ2) is 5.16. The Morgan fingerprint density at radius 2 is 2.12 bits per heavy atom. The van der Waals surface area contributed by atoms with Crippen molar-refractivity contribution in [2.24, 2.45) is 5.73 Å². The van der Waals surface area contributed by atoms with Crippen LogP contribution in [0.2, 0.25) is 0 Å². The van der Waals surface area contributed by atoms with Crippen molar-refractivity contribution in [3.05, 3.63) is 29.8 Å². The maximum atomic E-state index is 11.2. The van der Waals surface area contributed by atoms with Crippen LogP contribution < -0.4 is 10.5 Å². The third-order valence-corrected chi connectivity index (χ3v) is 2.11. The summed E-state index contributed by atoms with van der Waals surface area (Å²) in [7, 11) is 3.09. The minimum atomic E-state index is -0.953. The number of primary amides is 1. The molecule has 0 aliphatic heterocycles. The number of hydrogen-bond acceptors (Lipinski definition) is 3. The van der Waals surface area contributed by atoms with Crippen LogP contribution in [0.5, 0.6) is 5.75 Å². The van der Waals surface area contributed by atoms with Crippen LogP contribution in [0.25, 0.3) is 0 Å². The predicted octanol–water partition coefficient (Wildman–Crippen LogP) is 0.139. The van der Waals surface area contributed by atoms with Crippen LogP contribution in [-0.4, -0.2) is 30.9 Å². The lowest BCUT2D eigenvalue weighted by atomic mass is 10.2. The summed E-state index contributed by atoms with van der Waals surface area (Å²) in [5.41, 5.74) is 5.76. The summed E-state index contributed by atoms with van der Waals surface area (Å²) in [5, 5.41) is 0. The smallest absolute Gasteiger partial charge is 0.311 e. The Labute approximate surface area is 93.8 Å². The molecule has 1 rings (SSSR count). The monoisotopic (exact) mass is 222 g/mol. The summed E-state index contributed by atoms with van der Waals surface area (Å²) in [6.07, 6.45) is 0. The number of methoxy groups -OCH3 is 1. The van der Waals surface area contributed by atoms with E-state index < -0.39 is 11.8 Å². The minimum Gasteiger partial charge on any atom is -0.497 e. The first-order valence-electron chi connectivity index (χ1n) is 4.72. The highest BCUT2D eigenvalue weighted by Gasteiger charge is 2.14. The fourth-order valence-corrected chi connectivity index (χ4v) is 1.30. The molecule has 1 aromatic carbocycles. The number of carbonyl (C=O) groups is 2. The molecular weight excluding hydrogens is 208 g/mol. The second-order valence-electron chi connectivity index (χ2n) is 3.38. The first kappa shape index (κ1) is 12.0. The molecule has 1 aromatic rings. The molecule has 0 aliphatic carbocycles. The minimum absolute atomic E-state index is 0.318. The first-order valence-corrected chi connectivity index (χ1v) is 4.72. The summed E-state index contributed by atoms with van der Waals surface area (Å²) < 4.78 is 5.05. The van der Waals surface area contributed by atoms with Crippen molar-refractivity contribution < 1.29 is 14.3 Å². The third-order valence-electron chi connectivity index (χ3n) is 2.11. The zero-order chi connectivity index (χ0) is 12.1. The van der Waals surface area contributed by atoms with E-state index in [4.69, 9.17) is 10.5 Å². The number of nitrogens with zero attached hydrogens (tertiary/aromatic N) is 1. The van der Waals surface area contributed by atoms with Gasteiger partial charge in [0.25, 0.3) is 0 Å². The van der Waals surface area contributed by atoms with Crippen molar-refractivity contribution in [2.45, 2.75) is 6.54 Å².